The summed E-state index contributed by atoms with van der Waals surface area (Å²) in [5.41, 5.74) is 7.99. The van der Waals surface area contributed by atoms with Crippen LogP contribution in [0.4, 0.5) is 11.4 Å². The standard InChI is InChI=1S/C12H17N3O/c1-14-11-5-4-9(8-10(11)13)12(16)15-6-2-3-7-15/h4-5,8,14H,2-3,6-7,13H2,1H3. The minimum atomic E-state index is 0.0897. The highest BCUT2D eigenvalue weighted by Gasteiger charge is 2.19. The van der Waals surface area contributed by atoms with Gasteiger partial charge in [0.2, 0.25) is 0 Å². The lowest BCUT2D eigenvalue weighted by atomic mass is 10.1. The Balaban J connectivity index is 2.20. The van der Waals surface area contributed by atoms with E-state index in [0.717, 1.165) is 31.6 Å². The molecule has 0 aromatic heterocycles. The summed E-state index contributed by atoms with van der Waals surface area (Å²) in [5.74, 6) is 0.0897. The minimum absolute atomic E-state index is 0.0897. The summed E-state index contributed by atoms with van der Waals surface area (Å²) in [7, 11) is 1.81. The van der Waals surface area contributed by atoms with Gasteiger partial charge in [-0.2, -0.15) is 0 Å². The molecule has 0 aliphatic carbocycles. The van der Waals surface area contributed by atoms with Gasteiger partial charge >= 0.3 is 0 Å². The highest BCUT2D eigenvalue weighted by Crippen LogP contribution is 2.21. The Morgan fingerprint density at radius 3 is 2.62 bits per heavy atom. The molecule has 0 saturated carbocycles. The van der Waals surface area contributed by atoms with Crippen molar-refractivity contribution in [2.24, 2.45) is 0 Å². The first-order chi connectivity index (χ1) is 7.72. The molecule has 1 aliphatic rings. The summed E-state index contributed by atoms with van der Waals surface area (Å²) >= 11 is 0. The van der Waals surface area contributed by atoms with E-state index in [-0.39, 0.29) is 5.91 Å². The maximum absolute atomic E-state index is 12.0. The molecule has 1 amide bonds. The van der Waals surface area contributed by atoms with Crippen molar-refractivity contribution in [1.82, 2.24) is 4.90 Å². The summed E-state index contributed by atoms with van der Waals surface area (Å²) in [6, 6.07) is 5.41. The van der Waals surface area contributed by atoms with Crippen molar-refractivity contribution in [2.45, 2.75) is 12.8 Å². The summed E-state index contributed by atoms with van der Waals surface area (Å²) in [6.45, 7) is 1.74. The van der Waals surface area contributed by atoms with Crippen LogP contribution in [0.15, 0.2) is 18.2 Å². The van der Waals surface area contributed by atoms with Gasteiger partial charge in [0.25, 0.3) is 5.91 Å². The van der Waals surface area contributed by atoms with E-state index in [0.29, 0.717) is 11.3 Å². The molecular formula is C12H17N3O. The zero-order valence-electron chi connectivity index (χ0n) is 9.49. The Kier molecular flexibility index (Phi) is 2.99. The Morgan fingerprint density at radius 2 is 2.06 bits per heavy atom. The number of likely N-dealkylation sites (tertiary alicyclic amines) is 1. The molecule has 0 bridgehead atoms. The molecule has 1 aromatic carbocycles. The van der Waals surface area contributed by atoms with Crippen LogP contribution in [-0.4, -0.2) is 30.9 Å². The maximum atomic E-state index is 12.0. The number of nitrogen functional groups attached to an aromatic ring is 1. The predicted molar refractivity (Wildman–Crippen MR) is 65.5 cm³/mol. The van der Waals surface area contributed by atoms with E-state index in [4.69, 9.17) is 5.73 Å². The van der Waals surface area contributed by atoms with Crippen molar-refractivity contribution in [3.63, 3.8) is 0 Å². The number of amides is 1. The van der Waals surface area contributed by atoms with Gasteiger partial charge in [0, 0.05) is 25.7 Å². The molecule has 86 valence electrons. The smallest absolute Gasteiger partial charge is 0.253 e. The first kappa shape index (κ1) is 10.8. The van der Waals surface area contributed by atoms with Crippen molar-refractivity contribution in [3.05, 3.63) is 23.8 Å². The fourth-order valence-electron chi connectivity index (χ4n) is 2.03. The van der Waals surface area contributed by atoms with E-state index in [1.165, 1.54) is 0 Å². The molecule has 4 heteroatoms. The molecule has 4 nitrogen and oxygen atoms in total. The van der Waals surface area contributed by atoms with Crippen LogP contribution in [0.1, 0.15) is 23.2 Å². The second kappa shape index (κ2) is 4.43. The molecule has 0 atom stereocenters. The molecule has 1 aromatic rings. The first-order valence-electron chi connectivity index (χ1n) is 5.59. The number of nitrogens with one attached hydrogen (secondary N) is 1. The normalized spacial score (nSPS) is 15.2. The van der Waals surface area contributed by atoms with Gasteiger partial charge in [-0.1, -0.05) is 0 Å². The number of nitrogens with two attached hydrogens (primary N) is 1. The summed E-state index contributed by atoms with van der Waals surface area (Å²) in [6.07, 6.45) is 2.21. The molecule has 1 heterocycles. The molecule has 0 unspecified atom stereocenters. The number of hydrogen-bond acceptors (Lipinski definition) is 3. The second-order valence-electron chi connectivity index (χ2n) is 4.05. The van der Waals surface area contributed by atoms with Crippen LogP contribution in [-0.2, 0) is 0 Å². The summed E-state index contributed by atoms with van der Waals surface area (Å²) in [5, 5.41) is 2.98. The predicted octanol–water partition coefficient (Wildman–Crippen LogP) is 1.55. The Labute approximate surface area is 95.4 Å². The van der Waals surface area contributed by atoms with Gasteiger partial charge < -0.3 is 16.0 Å². The summed E-state index contributed by atoms with van der Waals surface area (Å²) < 4.78 is 0. The monoisotopic (exact) mass is 219 g/mol. The number of nitrogens with zero attached hydrogens (tertiary/aromatic N) is 1. The number of carbonyl (C=O) groups excluding carboxylic acids is 1. The SMILES string of the molecule is CNc1ccc(C(=O)N2CCCC2)cc1N. The third-order valence-corrected chi connectivity index (χ3v) is 2.96. The highest BCUT2D eigenvalue weighted by atomic mass is 16.2. The van der Waals surface area contributed by atoms with Gasteiger partial charge in [-0.15, -0.1) is 0 Å². The van der Waals surface area contributed by atoms with Crippen LogP contribution in [0.2, 0.25) is 0 Å². The molecule has 1 saturated heterocycles. The Hall–Kier alpha value is -1.71. The van der Waals surface area contributed by atoms with E-state index in [1.807, 2.05) is 24.1 Å². The van der Waals surface area contributed by atoms with Gasteiger partial charge in [-0.25, -0.2) is 0 Å². The minimum Gasteiger partial charge on any atom is -0.397 e. The molecule has 2 rings (SSSR count). The molecular weight excluding hydrogens is 202 g/mol. The van der Waals surface area contributed by atoms with Crippen LogP contribution >= 0.6 is 0 Å². The van der Waals surface area contributed by atoms with Crippen LogP contribution in [0.5, 0.6) is 0 Å². The van der Waals surface area contributed by atoms with Crippen LogP contribution < -0.4 is 11.1 Å². The molecule has 1 aliphatic heterocycles. The molecule has 0 radical (unpaired) electrons. The number of benzene rings is 1. The molecule has 0 spiro atoms. The molecule has 1 fully saturated rings. The third-order valence-electron chi connectivity index (χ3n) is 2.96. The first-order valence-corrected chi connectivity index (χ1v) is 5.59. The molecule has 3 N–H and O–H groups in total. The lowest BCUT2D eigenvalue weighted by Crippen LogP contribution is -2.27. The van der Waals surface area contributed by atoms with Gasteiger partial charge in [0.05, 0.1) is 11.4 Å². The lowest BCUT2D eigenvalue weighted by molar-refractivity contribution is 0.0793. The van der Waals surface area contributed by atoms with Gasteiger partial charge in [-0.3, -0.25) is 4.79 Å². The number of anilines is 2. The lowest BCUT2D eigenvalue weighted by Gasteiger charge is -2.16. The van der Waals surface area contributed by atoms with E-state index >= 15 is 0 Å². The van der Waals surface area contributed by atoms with Gasteiger partial charge in [0.1, 0.15) is 0 Å². The average Bonchev–Trinajstić information content (AvgIpc) is 2.81. The fraction of sp³-hybridized carbons (Fsp3) is 0.417. The summed E-state index contributed by atoms with van der Waals surface area (Å²) in [4.78, 5) is 13.9. The van der Waals surface area contributed by atoms with Gasteiger partial charge in [-0.05, 0) is 31.0 Å². The highest BCUT2D eigenvalue weighted by molar-refractivity contribution is 5.96. The average molecular weight is 219 g/mol. The topological polar surface area (TPSA) is 58.4 Å². The Morgan fingerprint density at radius 1 is 1.38 bits per heavy atom. The number of carbonyl (C=O) groups is 1. The second-order valence-corrected chi connectivity index (χ2v) is 4.05. The third kappa shape index (κ3) is 1.96. The van der Waals surface area contributed by atoms with E-state index in [9.17, 15) is 4.79 Å². The van der Waals surface area contributed by atoms with E-state index in [1.54, 1.807) is 6.07 Å². The Bertz CT molecular complexity index is 397. The maximum Gasteiger partial charge on any atom is 0.253 e. The number of hydrogen-bond donors (Lipinski definition) is 2. The zero-order chi connectivity index (χ0) is 11.5. The van der Waals surface area contributed by atoms with Crippen LogP contribution in [0, 0.1) is 0 Å². The van der Waals surface area contributed by atoms with Crippen molar-refractivity contribution in [1.29, 1.82) is 0 Å². The van der Waals surface area contributed by atoms with Crippen molar-refractivity contribution >= 4 is 17.3 Å². The van der Waals surface area contributed by atoms with Crippen molar-refractivity contribution < 1.29 is 4.79 Å². The van der Waals surface area contributed by atoms with E-state index in [2.05, 4.69) is 5.32 Å². The quantitative estimate of drug-likeness (QED) is 0.742. The fourth-order valence-corrected chi connectivity index (χ4v) is 2.03. The van der Waals surface area contributed by atoms with Crippen LogP contribution in [0.25, 0.3) is 0 Å². The largest absolute Gasteiger partial charge is 0.397 e. The van der Waals surface area contributed by atoms with E-state index < -0.39 is 0 Å². The van der Waals surface area contributed by atoms with Crippen molar-refractivity contribution in [3.8, 4) is 0 Å². The van der Waals surface area contributed by atoms with Crippen LogP contribution in [0.3, 0.4) is 0 Å². The zero-order valence-corrected chi connectivity index (χ0v) is 9.49. The molecule has 16 heavy (non-hydrogen) atoms. The van der Waals surface area contributed by atoms with Crippen molar-refractivity contribution in [2.75, 3.05) is 31.2 Å². The number of rotatable bonds is 2. The van der Waals surface area contributed by atoms with Gasteiger partial charge in [0.15, 0.2) is 0 Å².